The van der Waals surface area contributed by atoms with Crippen LogP contribution in [-0.4, -0.2) is 46.5 Å². The van der Waals surface area contributed by atoms with E-state index in [1.807, 2.05) is 0 Å². The number of likely N-dealkylation sites (tertiary alicyclic amines) is 1. The predicted octanol–water partition coefficient (Wildman–Crippen LogP) is 1.24. The van der Waals surface area contributed by atoms with E-state index in [0.29, 0.717) is 11.8 Å². The Morgan fingerprint density at radius 1 is 1.25 bits per heavy atom. The van der Waals surface area contributed by atoms with Crippen molar-refractivity contribution in [3.8, 4) is 0 Å². The highest BCUT2D eigenvalue weighted by molar-refractivity contribution is 4.97. The molecule has 0 unspecified atom stereocenters. The fourth-order valence-corrected chi connectivity index (χ4v) is 3.01. The Hall–Kier alpha value is -0.120. The van der Waals surface area contributed by atoms with Crippen molar-refractivity contribution in [2.45, 2.75) is 51.2 Å². The number of β-amino-alcohol motifs (C(OH)–C–C–N with tert-alkyl or cyclic N) is 1. The van der Waals surface area contributed by atoms with Crippen molar-refractivity contribution in [1.82, 2.24) is 4.90 Å². The van der Waals surface area contributed by atoms with Gasteiger partial charge in [0.2, 0.25) is 0 Å². The zero-order chi connectivity index (χ0) is 11.8. The van der Waals surface area contributed by atoms with Gasteiger partial charge in [0.05, 0.1) is 11.7 Å². The first kappa shape index (κ1) is 12.3. The van der Waals surface area contributed by atoms with Gasteiger partial charge in [0.15, 0.2) is 0 Å². The van der Waals surface area contributed by atoms with Crippen LogP contribution in [0.2, 0.25) is 0 Å². The number of nitrogens with zero attached hydrogens (tertiary/aromatic N) is 1. The molecule has 1 saturated carbocycles. The average Bonchev–Trinajstić information content (AvgIpc) is 2.17. The quantitative estimate of drug-likeness (QED) is 0.762. The summed E-state index contributed by atoms with van der Waals surface area (Å²) in [6.07, 6.45) is 3.54. The molecule has 0 aromatic rings. The van der Waals surface area contributed by atoms with E-state index in [1.54, 1.807) is 0 Å². The van der Waals surface area contributed by atoms with E-state index in [1.165, 1.54) is 0 Å². The van der Waals surface area contributed by atoms with Crippen LogP contribution in [0.1, 0.15) is 39.5 Å². The van der Waals surface area contributed by atoms with Crippen LogP contribution >= 0.6 is 0 Å². The monoisotopic (exact) mass is 227 g/mol. The van der Waals surface area contributed by atoms with E-state index in [-0.39, 0.29) is 6.10 Å². The van der Waals surface area contributed by atoms with E-state index in [9.17, 15) is 10.2 Å². The summed E-state index contributed by atoms with van der Waals surface area (Å²) >= 11 is 0. The molecule has 1 heterocycles. The van der Waals surface area contributed by atoms with E-state index < -0.39 is 5.60 Å². The zero-order valence-corrected chi connectivity index (χ0v) is 10.5. The molecule has 16 heavy (non-hydrogen) atoms. The third-order valence-corrected chi connectivity index (χ3v) is 4.30. The van der Waals surface area contributed by atoms with Gasteiger partial charge in [-0.1, -0.05) is 13.8 Å². The minimum atomic E-state index is -0.433. The molecule has 94 valence electrons. The van der Waals surface area contributed by atoms with Gasteiger partial charge in [-0.2, -0.15) is 0 Å². The number of hydrogen-bond donors (Lipinski definition) is 2. The summed E-state index contributed by atoms with van der Waals surface area (Å²) in [5.41, 5.74) is -0.433. The van der Waals surface area contributed by atoms with Crippen molar-refractivity contribution >= 4 is 0 Å². The maximum atomic E-state index is 10.3. The Kier molecular flexibility index (Phi) is 3.57. The third kappa shape index (κ3) is 2.76. The van der Waals surface area contributed by atoms with Crippen molar-refractivity contribution in [1.29, 1.82) is 0 Å². The molecule has 3 nitrogen and oxygen atoms in total. The molecule has 1 saturated heterocycles. The van der Waals surface area contributed by atoms with Crippen LogP contribution in [0.5, 0.6) is 0 Å². The second-order valence-electron chi connectivity index (χ2n) is 6.14. The Balaban J connectivity index is 1.74. The lowest BCUT2D eigenvalue weighted by Gasteiger charge is -2.48. The average molecular weight is 227 g/mol. The number of piperidine rings is 1. The maximum Gasteiger partial charge on any atom is 0.0779 e. The molecule has 0 aromatic carbocycles. The van der Waals surface area contributed by atoms with Crippen LogP contribution in [0.4, 0.5) is 0 Å². The normalized spacial score (nSPS) is 37.7. The van der Waals surface area contributed by atoms with Crippen LogP contribution in [-0.2, 0) is 0 Å². The van der Waals surface area contributed by atoms with Gasteiger partial charge < -0.3 is 15.1 Å². The second kappa shape index (κ2) is 4.63. The molecule has 3 heteroatoms. The molecule has 2 rings (SSSR count). The standard InChI is InChI=1S/C13H25NO2/c1-10(2)11-7-13(16,8-11)9-14-5-3-12(15)4-6-14/h10-12,15-16H,3-9H2,1-2H3. The van der Waals surface area contributed by atoms with Gasteiger partial charge in [-0.25, -0.2) is 0 Å². The van der Waals surface area contributed by atoms with Crippen molar-refractivity contribution < 1.29 is 10.2 Å². The van der Waals surface area contributed by atoms with E-state index in [4.69, 9.17) is 0 Å². The first-order chi connectivity index (χ1) is 7.48. The molecular weight excluding hydrogens is 202 g/mol. The van der Waals surface area contributed by atoms with Gasteiger partial charge in [-0.05, 0) is 37.5 Å². The van der Waals surface area contributed by atoms with E-state index in [0.717, 1.165) is 45.3 Å². The van der Waals surface area contributed by atoms with Gasteiger partial charge in [-0.3, -0.25) is 0 Å². The molecule has 2 N–H and O–H groups in total. The predicted molar refractivity (Wildman–Crippen MR) is 64.2 cm³/mol. The van der Waals surface area contributed by atoms with Gasteiger partial charge in [0, 0.05) is 19.6 Å². The van der Waals surface area contributed by atoms with Gasteiger partial charge >= 0.3 is 0 Å². The van der Waals surface area contributed by atoms with E-state index >= 15 is 0 Å². The van der Waals surface area contributed by atoms with Gasteiger partial charge in [0.1, 0.15) is 0 Å². The highest BCUT2D eigenvalue weighted by Crippen LogP contribution is 2.42. The molecule has 0 spiro atoms. The lowest BCUT2D eigenvalue weighted by atomic mass is 9.66. The highest BCUT2D eigenvalue weighted by atomic mass is 16.3. The van der Waals surface area contributed by atoms with Crippen LogP contribution in [0.15, 0.2) is 0 Å². The fraction of sp³-hybridized carbons (Fsp3) is 1.00. The zero-order valence-electron chi connectivity index (χ0n) is 10.5. The van der Waals surface area contributed by atoms with Crippen molar-refractivity contribution in [2.75, 3.05) is 19.6 Å². The van der Waals surface area contributed by atoms with Crippen molar-refractivity contribution in [3.05, 3.63) is 0 Å². The summed E-state index contributed by atoms with van der Waals surface area (Å²) in [4.78, 5) is 2.31. The molecular formula is C13H25NO2. The molecule has 2 aliphatic rings. The summed E-state index contributed by atoms with van der Waals surface area (Å²) in [5.74, 6) is 1.41. The Morgan fingerprint density at radius 2 is 1.81 bits per heavy atom. The summed E-state index contributed by atoms with van der Waals surface area (Å²) in [7, 11) is 0. The van der Waals surface area contributed by atoms with Crippen LogP contribution in [0.25, 0.3) is 0 Å². The Bertz CT molecular complexity index is 228. The smallest absolute Gasteiger partial charge is 0.0779 e. The third-order valence-electron chi connectivity index (χ3n) is 4.30. The number of hydrogen-bond acceptors (Lipinski definition) is 3. The SMILES string of the molecule is CC(C)C1CC(O)(CN2CCC(O)CC2)C1. The molecule has 0 amide bonds. The van der Waals surface area contributed by atoms with Gasteiger partial charge in [-0.15, -0.1) is 0 Å². The summed E-state index contributed by atoms with van der Waals surface area (Å²) in [6.45, 7) is 7.16. The topological polar surface area (TPSA) is 43.7 Å². The highest BCUT2D eigenvalue weighted by Gasteiger charge is 2.44. The van der Waals surface area contributed by atoms with Crippen molar-refractivity contribution in [2.24, 2.45) is 11.8 Å². The fourth-order valence-electron chi connectivity index (χ4n) is 3.01. The number of rotatable bonds is 3. The Labute approximate surface area is 98.5 Å². The first-order valence-electron chi connectivity index (χ1n) is 6.61. The van der Waals surface area contributed by atoms with Crippen LogP contribution in [0.3, 0.4) is 0 Å². The van der Waals surface area contributed by atoms with Gasteiger partial charge in [0.25, 0.3) is 0 Å². The lowest BCUT2D eigenvalue weighted by molar-refractivity contribution is -0.110. The second-order valence-corrected chi connectivity index (χ2v) is 6.14. The van der Waals surface area contributed by atoms with Crippen molar-refractivity contribution in [3.63, 3.8) is 0 Å². The minimum Gasteiger partial charge on any atom is -0.393 e. The maximum absolute atomic E-state index is 10.3. The molecule has 0 aromatic heterocycles. The lowest BCUT2D eigenvalue weighted by Crippen LogP contribution is -2.54. The molecule has 2 fully saturated rings. The number of aliphatic hydroxyl groups excluding tert-OH is 1. The molecule has 0 bridgehead atoms. The molecule has 0 atom stereocenters. The molecule has 0 radical (unpaired) electrons. The van der Waals surface area contributed by atoms with Crippen LogP contribution < -0.4 is 0 Å². The van der Waals surface area contributed by atoms with Crippen LogP contribution in [0, 0.1) is 11.8 Å². The summed E-state index contributed by atoms with van der Waals surface area (Å²) < 4.78 is 0. The minimum absolute atomic E-state index is 0.115. The summed E-state index contributed by atoms with van der Waals surface area (Å²) in [5, 5.41) is 19.8. The number of aliphatic hydroxyl groups is 2. The largest absolute Gasteiger partial charge is 0.393 e. The molecule has 1 aliphatic heterocycles. The molecule has 1 aliphatic carbocycles. The summed E-state index contributed by atoms with van der Waals surface area (Å²) in [6, 6.07) is 0. The Morgan fingerprint density at radius 3 is 2.31 bits per heavy atom. The van der Waals surface area contributed by atoms with E-state index in [2.05, 4.69) is 18.7 Å². The first-order valence-corrected chi connectivity index (χ1v) is 6.61.